The number of hydrogen-bond acceptors (Lipinski definition) is 3. The van der Waals surface area contributed by atoms with E-state index in [2.05, 4.69) is 54.4 Å². The first-order valence-electron chi connectivity index (χ1n) is 10.4. The van der Waals surface area contributed by atoms with Gasteiger partial charge < -0.3 is 19.7 Å². The second kappa shape index (κ2) is 11.4. The largest absolute Gasteiger partial charge is 0.381 e. The third kappa shape index (κ3) is 5.83. The van der Waals surface area contributed by atoms with Crippen LogP contribution in [0.4, 0.5) is 0 Å². The van der Waals surface area contributed by atoms with E-state index in [0.29, 0.717) is 18.4 Å². The third-order valence-electron chi connectivity index (χ3n) is 6.12. The molecular formula is C22H36IN3O2. The average molecular weight is 501 g/mol. The van der Waals surface area contributed by atoms with Crippen LogP contribution >= 0.6 is 24.0 Å². The van der Waals surface area contributed by atoms with Crippen molar-refractivity contribution in [3.8, 4) is 0 Å². The summed E-state index contributed by atoms with van der Waals surface area (Å²) >= 11 is 0. The molecule has 0 bridgehead atoms. The standard InChI is InChI=1S/C22H35N3O2.HI/c1-4-23-21(24-17-22(26-3)11-14-27-15-12-22)25-13-10-20(18(2)16-25)19-8-6-5-7-9-19;/h5-9,18,20H,4,10-17H2,1-3H3,(H,23,24);1H. The molecular weight excluding hydrogens is 465 g/mol. The molecule has 5 nitrogen and oxygen atoms in total. The number of methoxy groups -OCH3 is 1. The maximum atomic E-state index is 5.86. The van der Waals surface area contributed by atoms with Crippen LogP contribution in [0.25, 0.3) is 0 Å². The van der Waals surface area contributed by atoms with Gasteiger partial charge in [0.25, 0.3) is 0 Å². The number of benzene rings is 1. The van der Waals surface area contributed by atoms with E-state index in [4.69, 9.17) is 14.5 Å². The molecule has 28 heavy (non-hydrogen) atoms. The summed E-state index contributed by atoms with van der Waals surface area (Å²) in [6.07, 6.45) is 3.00. The maximum Gasteiger partial charge on any atom is 0.194 e. The van der Waals surface area contributed by atoms with E-state index in [1.807, 2.05) is 0 Å². The van der Waals surface area contributed by atoms with Crippen molar-refractivity contribution in [1.29, 1.82) is 0 Å². The van der Waals surface area contributed by atoms with Gasteiger partial charge in [0, 0.05) is 52.8 Å². The molecule has 0 aliphatic carbocycles. The molecule has 1 N–H and O–H groups in total. The molecule has 3 rings (SSSR count). The van der Waals surface area contributed by atoms with Gasteiger partial charge in [-0.2, -0.15) is 0 Å². The molecule has 1 aromatic carbocycles. The van der Waals surface area contributed by atoms with Crippen LogP contribution < -0.4 is 5.32 Å². The highest BCUT2D eigenvalue weighted by molar-refractivity contribution is 14.0. The number of hydrogen-bond donors (Lipinski definition) is 1. The molecule has 0 spiro atoms. The molecule has 0 amide bonds. The first kappa shape index (κ1) is 23.4. The van der Waals surface area contributed by atoms with Crippen molar-refractivity contribution in [2.45, 2.75) is 44.6 Å². The van der Waals surface area contributed by atoms with E-state index in [1.54, 1.807) is 7.11 Å². The predicted molar refractivity (Wildman–Crippen MR) is 126 cm³/mol. The van der Waals surface area contributed by atoms with Gasteiger partial charge in [-0.15, -0.1) is 24.0 Å². The van der Waals surface area contributed by atoms with E-state index in [1.165, 1.54) is 12.0 Å². The van der Waals surface area contributed by atoms with Crippen LogP contribution in [0.15, 0.2) is 35.3 Å². The normalized spacial score (nSPS) is 25.1. The lowest BCUT2D eigenvalue weighted by Gasteiger charge is -2.40. The zero-order chi connectivity index (χ0) is 19.1. The summed E-state index contributed by atoms with van der Waals surface area (Å²) in [7, 11) is 1.81. The molecule has 158 valence electrons. The zero-order valence-corrected chi connectivity index (χ0v) is 19.9. The molecule has 0 aromatic heterocycles. The first-order valence-corrected chi connectivity index (χ1v) is 10.4. The van der Waals surface area contributed by atoms with E-state index in [0.717, 1.165) is 51.6 Å². The Bertz CT molecular complexity index is 605. The van der Waals surface area contributed by atoms with Crippen LogP contribution in [0.1, 0.15) is 44.6 Å². The number of guanidine groups is 1. The van der Waals surface area contributed by atoms with Gasteiger partial charge in [0.2, 0.25) is 0 Å². The molecule has 2 atom stereocenters. The predicted octanol–water partition coefficient (Wildman–Crippen LogP) is 3.89. The SMILES string of the molecule is CCNC(=NCC1(OC)CCOCC1)N1CCC(c2ccccc2)C(C)C1.I. The summed E-state index contributed by atoms with van der Waals surface area (Å²) < 4.78 is 11.4. The minimum atomic E-state index is -0.174. The van der Waals surface area contributed by atoms with Crippen molar-refractivity contribution in [3.63, 3.8) is 0 Å². The molecule has 6 heteroatoms. The van der Waals surface area contributed by atoms with Crippen LogP contribution in [0.3, 0.4) is 0 Å². The molecule has 2 fully saturated rings. The Morgan fingerprint density at radius 1 is 1.29 bits per heavy atom. The fraction of sp³-hybridized carbons (Fsp3) is 0.682. The van der Waals surface area contributed by atoms with Gasteiger partial charge in [0.05, 0.1) is 12.1 Å². The lowest BCUT2D eigenvalue weighted by atomic mass is 9.82. The third-order valence-corrected chi connectivity index (χ3v) is 6.12. The highest BCUT2D eigenvalue weighted by atomic mass is 127. The van der Waals surface area contributed by atoms with Gasteiger partial charge in [-0.25, -0.2) is 0 Å². The fourth-order valence-corrected chi connectivity index (χ4v) is 4.35. The maximum absolute atomic E-state index is 5.86. The monoisotopic (exact) mass is 501 g/mol. The lowest BCUT2D eigenvalue weighted by Crippen LogP contribution is -2.49. The number of likely N-dealkylation sites (tertiary alicyclic amines) is 1. The highest BCUT2D eigenvalue weighted by Crippen LogP contribution is 2.33. The summed E-state index contributed by atoms with van der Waals surface area (Å²) in [6, 6.07) is 10.9. The number of aliphatic imine (C=N–C) groups is 1. The van der Waals surface area contributed by atoms with Gasteiger partial charge in [-0.3, -0.25) is 4.99 Å². The second-order valence-electron chi connectivity index (χ2n) is 7.90. The number of ether oxygens (including phenoxy) is 2. The highest BCUT2D eigenvalue weighted by Gasteiger charge is 2.33. The molecule has 2 aliphatic rings. The molecule has 2 unspecified atom stereocenters. The van der Waals surface area contributed by atoms with Crippen molar-refractivity contribution < 1.29 is 9.47 Å². The fourth-order valence-electron chi connectivity index (χ4n) is 4.35. The average Bonchev–Trinajstić information content (AvgIpc) is 2.72. The molecule has 0 saturated carbocycles. The van der Waals surface area contributed by atoms with Crippen LogP contribution in [-0.4, -0.2) is 63.0 Å². The molecule has 2 heterocycles. The second-order valence-corrected chi connectivity index (χ2v) is 7.90. The summed E-state index contributed by atoms with van der Waals surface area (Å²) in [5, 5.41) is 3.50. The Labute approximate surface area is 187 Å². The van der Waals surface area contributed by atoms with E-state index < -0.39 is 0 Å². The summed E-state index contributed by atoms with van der Waals surface area (Å²) in [6.45, 7) is 9.68. The van der Waals surface area contributed by atoms with Crippen LogP contribution in [-0.2, 0) is 9.47 Å². The van der Waals surface area contributed by atoms with Crippen molar-refractivity contribution >= 4 is 29.9 Å². The number of nitrogens with one attached hydrogen (secondary N) is 1. The number of rotatable bonds is 5. The van der Waals surface area contributed by atoms with E-state index in [9.17, 15) is 0 Å². The first-order chi connectivity index (χ1) is 13.2. The molecule has 1 aromatic rings. The van der Waals surface area contributed by atoms with Gasteiger partial charge in [0.15, 0.2) is 5.96 Å². The van der Waals surface area contributed by atoms with Crippen molar-refractivity contribution in [3.05, 3.63) is 35.9 Å². The lowest BCUT2D eigenvalue weighted by molar-refractivity contribution is -0.0829. The Morgan fingerprint density at radius 3 is 2.61 bits per heavy atom. The number of nitrogens with zero attached hydrogens (tertiary/aromatic N) is 2. The van der Waals surface area contributed by atoms with E-state index in [-0.39, 0.29) is 29.6 Å². The van der Waals surface area contributed by atoms with Gasteiger partial charge in [-0.05, 0) is 30.7 Å². The van der Waals surface area contributed by atoms with Gasteiger partial charge in [-0.1, -0.05) is 37.3 Å². The van der Waals surface area contributed by atoms with Crippen molar-refractivity contribution in [1.82, 2.24) is 10.2 Å². The summed E-state index contributed by atoms with van der Waals surface area (Å²) in [4.78, 5) is 7.41. The minimum absolute atomic E-state index is 0. The van der Waals surface area contributed by atoms with Crippen LogP contribution in [0.5, 0.6) is 0 Å². The minimum Gasteiger partial charge on any atom is -0.381 e. The van der Waals surface area contributed by atoms with Crippen molar-refractivity contribution in [2.24, 2.45) is 10.9 Å². The quantitative estimate of drug-likeness (QED) is 0.378. The Morgan fingerprint density at radius 2 is 2.00 bits per heavy atom. The van der Waals surface area contributed by atoms with Crippen LogP contribution in [0, 0.1) is 5.92 Å². The summed E-state index contributed by atoms with van der Waals surface area (Å²) in [5.41, 5.74) is 1.29. The Kier molecular flexibility index (Phi) is 9.50. The number of halogens is 1. The van der Waals surface area contributed by atoms with E-state index >= 15 is 0 Å². The molecule has 0 radical (unpaired) electrons. The Hall–Kier alpha value is -0.860. The van der Waals surface area contributed by atoms with Gasteiger partial charge in [0.1, 0.15) is 0 Å². The topological polar surface area (TPSA) is 46.1 Å². The zero-order valence-electron chi connectivity index (χ0n) is 17.5. The number of piperidine rings is 1. The molecule has 2 saturated heterocycles. The molecule has 2 aliphatic heterocycles. The smallest absolute Gasteiger partial charge is 0.194 e. The van der Waals surface area contributed by atoms with Crippen LogP contribution in [0.2, 0.25) is 0 Å². The van der Waals surface area contributed by atoms with Crippen molar-refractivity contribution in [2.75, 3.05) is 46.5 Å². The summed E-state index contributed by atoms with van der Waals surface area (Å²) in [5.74, 6) is 2.26. The van der Waals surface area contributed by atoms with Gasteiger partial charge >= 0.3 is 0 Å². The Balaban J connectivity index is 0.00000280.